The average molecular weight is 351 g/mol. The maximum Gasteiger partial charge on any atom is 0.356 e. The lowest BCUT2D eigenvalue weighted by atomic mass is 10.1. The van der Waals surface area contributed by atoms with Crippen LogP contribution in [0.1, 0.15) is 10.5 Å². The van der Waals surface area contributed by atoms with Gasteiger partial charge in [-0.3, -0.25) is 0 Å². The molecule has 0 amide bonds. The van der Waals surface area contributed by atoms with Crippen LogP contribution < -0.4 is 0 Å². The van der Waals surface area contributed by atoms with Crippen LogP contribution in [0.2, 0.25) is 10.0 Å². The Bertz CT molecular complexity index is 909. The van der Waals surface area contributed by atoms with Crippen LogP contribution in [0.4, 0.5) is 4.39 Å². The highest BCUT2D eigenvalue weighted by molar-refractivity contribution is 6.31. The first-order valence-electron chi connectivity index (χ1n) is 6.50. The summed E-state index contributed by atoms with van der Waals surface area (Å²) in [6, 6.07) is 12.3. The molecule has 0 saturated heterocycles. The van der Waals surface area contributed by atoms with Gasteiger partial charge in [-0.1, -0.05) is 29.3 Å². The van der Waals surface area contributed by atoms with Crippen molar-refractivity contribution in [2.45, 2.75) is 0 Å². The predicted molar refractivity (Wildman–Crippen MR) is 85.9 cm³/mol. The van der Waals surface area contributed by atoms with Gasteiger partial charge in [0.25, 0.3) is 0 Å². The molecule has 0 aliphatic rings. The van der Waals surface area contributed by atoms with Crippen LogP contribution in [0.15, 0.2) is 48.5 Å². The summed E-state index contributed by atoms with van der Waals surface area (Å²) in [4.78, 5) is 11.2. The second-order valence-corrected chi connectivity index (χ2v) is 5.58. The van der Waals surface area contributed by atoms with E-state index in [-0.39, 0.29) is 10.7 Å². The number of carboxylic acids is 1. The van der Waals surface area contributed by atoms with E-state index < -0.39 is 11.8 Å². The van der Waals surface area contributed by atoms with Crippen LogP contribution in [-0.4, -0.2) is 20.9 Å². The van der Waals surface area contributed by atoms with Gasteiger partial charge < -0.3 is 5.11 Å². The predicted octanol–water partition coefficient (Wildman–Crippen LogP) is 4.68. The Balaban J connectivity index is 2.22. The number of aromatic nitrogens is 2. The molecule has 0 radical (unpaired) electrons. The zero-order valence-electron chi connectivity index (χ0n) is 11.5. The normalized spacial score (nSPS) is 10.7. The van der Waals surface area contributed by atoms with Gasteiger partial charge in [0.15, 0.2) is 5.69 Å². The number of hydrogen-bond acceptors (Lipinski definition) is 2. The van der Waals surface area contributed by atoms with Crippen molar-refractivity contribution < 1.29 is 14.3 Å². The molecule has 1 N–H and O–H groups in total. The van der Waals surface area contributed by atoms with Crippen molar-refractivity contribution in [2.24, 2.45) is 0 Å². The van der Waals surface area contributed by atoms with Gasteiger partial charge >= 0.3 is 5.97 Å². The van der Waals surface area contributed by atoms with Gasteiger partial charge in [-0.05, 0) is 42.5 Å². The van der Waals surface area contributed by atoms with Crippen molar-refractivity contribution >= 4 is 29.2 Å². The van der Waals surface area contributed by atoms with Crippen molar-refractivity contribution in [3.05, 3.63) is 70.1 Å². The highest BCUT2D eigenvalue weighted by Gasteiger charge is 2.17. The summed E-state index contributed by atoms with van der Waals surface area (Å²) in [6.45, 7) is 0. The summed E-state index contributed by atoms with van der Waals surface area (Å²) >= 11 is 11.8. The zero-order valence-corrected chi connectivity index (χ0v) is 13.0. The Labute approximate surface area is 140 Å². The first-order chi connectivity index (χ1) is 11.0. The quantitative estimate of drug-likeness (QED) is 0.745. The van der Waals surface area contributed by atoms with Crippen LogP contribution in [0.3, 0.4) is 0 Å². The van der Waals surface area contributed by atoms with Gasteiger partial charge in [0, 0.05) is 10.6 Å². The van der Waals surface area contributed by atoms with Crippen molar-refractivity contribution in [1.29, 1.82) is 0 Å². The molecule has 0 unspecified atom stereocenters. The smallest absolute Gasteiger partial charge is 0.356 e. The number of hydrogen-bond donors (Lipinski definition) is 1. The van der Waals surface area contributed by atoms with Gasteiger partial charge in [0.1, 0.15) is 5.82 Å². The molecule has 0 aliphatic carbocycles. The maximum atomic E-state index is 13.4. The minimum absolute atomic E-state index is 0.0572. The molecular formula is C16H9Cl2FN2O2. The largest absolute Gasteiger partial charge is 0.476 e. The fourth-order valence-electron chi connectivity index (χ4n) is 2.15. The number of carboxylic acid groups (broad SMARTS) is 1. The SMILES string of the molecule is O=C(O)c1cc(-c2ccc(F)c(Cl)c2)n(-c2cccc(Cl)c2)n1. The van der Waals surface area contributed by atoms with E-state index in [2.05, 4.69) is 5.10 Å². The third kappa shape index (κ3) is 3.06. The third-order valence-electron chi connectivity index (χ3n) is 3.20. The number of halogens is 3. The van der Waals surface area contributed by atoms with E-state index in [1.165, 1.54) is 28.9 Å². The molecule has 1 heterocycles. The lowest BCUT2D eigenvalue weighted by molar-refractivity contribution is 0.0690. The monoisotopic (exact) mass is 350 g/mol. The number of nitrogens with zero attached hydrogens (tertiary/aromatic N) is 2. The first-order valence-corrected chi connectivity index (χ1v) is 7.26. The number of carbonyl (C=O) groups is 1. The Kier molecular flexibility index (Phi) is 4.07. The molecule has 3 rings (SSSR count). The molecule has 0 saturated carbocycles. The highest BCUT2D eigenvalue weighted by Crippen LogP contribution is 2.28. The number of aromatic carboxylic acids is 1. The van der Waals surface area contributed by atoms with Crippen LogP contribution in [0, 0.1) is 5.82 Å². The lowest BCUT2D eigenvalue weighted by Crippen LogP contribution is -2.02. The van der Waals surface area contributed by atoms with Crippen LogP contribution in [0.5, 0.6) is 0 Å². The number of benzene rings is 2. The van der Waals surface area contributed by atoms with E-state index in [1.54, 1.807) is 24.3 Å². The minimum Gasteiger partial charge on any atom is -0.476 e. The van der Waals surface area contributed by atoms with Gasteiger partial charge in [0.2, 0.25) is 0 Å². The molecule has 0 fully saturated rings. The Hall–Kier alpha value is -2.37. The summed E-state index contributed by atoms with van der Waals surface area (Å²) in [5, 5.41) is 13.7. The van der Waals surface area contributed by atoms with E-state index >= 15 is 0 Å². The Morgan fingerprint density at radius 1 is 1.13 bits per heavy atom. The van der Waals surface area contributed by atoms with Crippen molar-refractivity contribution in [3.63, 3.8) is 0 Å². The Morgan fingerprint density at radius 2 is 1.91 bits per heavy atom. The van der Waals surface area contributed by atoms with E-state index in [0.29, 0.717) is 22.0 Å². The van der Waals surface area contributed by atoms with Gasteiger partial charge in [-0.15, -0.1) is 0 Å². The fraction of sp³-hybridized carbons (Fsp3) is 0. The van der Waals surface area contributed by atoms with Crippen LogP contribution in [-0.2, 0) is 0 Å². The number of rotatable bonds is 3. The summed E-state index contributed by atoms with van der Waals surface area (Å²) in [7, 11) is 0. The third-order valence-corrected chi connectivity index (χ3v) is 3.72. The second-order valence-electron chi connectivity index (χ2n) is 4.74. The van der Waals surface area contributed by atoms with Gasteiger partial charge in [-0.25, -0.2) is 13.9 Å². The molecule has 2 aromatic carbocycles. The molecule has 0 atom stereocenters. The van der Waals surface area contributed by atoms with E-state index in [9.17, 15) is 14.3 Å². The van der Waals surface area contributed by atoms with E-state index in [0.717, 1.165) is 0 Å². The van der Waals surface area contributed by atoms with Crippen LogP contribution >= 0.6 is 23.2 Å². The van der Waals surface area contributed by atoms with Crippen LogP contribution in [0.25, 0.3) is 16.9 Å². The molecule has 0 bridgehead atoms. The second kappa shape index (κ2) is 6.02. The van der Waals surface area contributed by atoms with E-state index in [1.807, 2.05) is 0 Å². The first kappa shape index (κ1) is 15.5. The summed E-state index contributed by atoms with van der Waals surface area (Å²) in [6.07, 6.45) is 0. The van der Waals surface area contributed by atoms with Crippen molar-refractivity contribution in [2.75, 3.05) is 0 Å². The molecule has 23 heavy (non-hydrogen) atoms. The standard InChI is InChI=1S/C16H9Cl2FN2O2/c17-10-2-1-3-11(7-10)21-15(8-14(20-21)16(22)23)9-4-5-13(19)12(18)6-9/h1-8H,(H,22,23). The van der Waals surface area contributed by atoms with Crippen molar-refractivity contribution in [3.8, 4) is 16.9 Å². The molecule has 116 valence electrons. The van der Waals surface area contributed by atoms with E-state index in [4.69, 9.17) is 23.2 Å². The topological polar surface area (TPSA) is 55.1 Å². The molecule has 0 aliphatic heterocycles. The Morgan fingerprint density at radius 3 is 2.57 bits per heavy atom. The van der Waals surface area contributed by atoms with Crippen molar-refractivity contribution in [1.82, 2.24) is 9.78 Å². The molecular weight excluding hydrogens is 342 g/mol. The molecule has 1 aromatic heterocycles. The summed E-state index contributed by atoms with van der Waals surface area (Å²) in [5.41, 5.74) is 1.45. The molecule has 3 aromatic rings. The molecule has 7 heteroatoms. The summed E-state index contributed by atoms with van der Waals surface area (Å²) in [5.74, 6) is -1.72. The molecule has 4 nitrogen and oxygen atoms in total. The van der Waals surface area contributed by atoms with Gasteiger partial charge in [-0.2, -0.15) is 5.10 Å². The highest BCUT2D eigenvalue weighted by atomic mass is 35.5. The zero-order chi connectivity index (χ0) is 16.6. The molecule has 0 spiro atoms. The summed E-state index contributed by atoms with van der Waals surface area (Å²) < 4.78 is 14.8. The van der Waals surface area contributed by atoms with Gasteiger partial charge in [0.05, 0.1) is 16.4 Å². The fourth-order valence-corrected chi connectivity index (χ4v) is 2.52. The average Bonchev–Trinajstić information content (AvgIpc) is 2.95. The minimum atomic E-state index is -1.17. The lowest BCUT2D eigenvalue weighted by Gasteiger charge is -2.08. The maximum absolute atomic E-state index is 13.4.